The van der Waals surface area contributed by atoms with Gasteiger partial charge < -0.3 is 4.74 Å². The minimum absolute atomic E-state index is 0.0917. The van der Waals surface area contributed by atoms with Crippen LogP contribution >= 0.6 is 0 Å². The molecular formula is C26H24N2O5S2. The smallest absolute Gasteiger partial charge is 0.261 e. The Bertz CT molecular complexity index is 1390. The van der Waals surface area contributed by atoms with Gasteiger partial charge in [0.15, 0.2) is 0 Å². The Kier molecular flexibility index (Phi) is 6.81. The molecule has 4 aromatic carbocycles. The van der Waals surface area contributed by atoms with Gasteiger partial charge in [0.05, 0.1) is 9.79 Å². The topological polar surface area (TPSA) is 102 Å². The van der Waals surface area contributed by atoms with Crippen molar-refractivity contribution in [3.8, 4) is 11.5 Å². The van der Waals surface area contributed by atoms with Gasteiger partial charge in [0.2, 0.25) is 0 Å². The fraction of sp³-hybridized carbons (Fsp3) is 0.0769. The molecule has 0 saturated heterocycles. The molecule has 0 heterocycles. The Morgan fingerprint density at radius 1 is 0.486 bits per heavy atom. The van der Waals surface area contributed by atoms with E-state index in [4.69, 9.17) is 4.74 Å². The molecule has 0 atom stereocenters. The molecule has 7 nitrogen and oxygen atoms in total. The summed E-state index contributed by atoms with van der Waals surface area (Å²) in [5.74, 6) is 0.820. The number of hydrogen-bond acceptors (Lipinski definition) is 5. The first-order chi connectivity index (χ1) is 16.6. The second kappa shape index (κ2) is 9.81. The number of nitrogens with one attached hydrogen (secondary N) is 2. The molecule has 0 spiro atoms. The van der Waals surface area contributed by atoms with E-state index in [1.165, 1.54) is 48.5 Å². The molecule has 0 aromatic heterocycles. The van der Waals surface area contributed by atoms with Crippen LogP contribution in [0.3, 0.4) is 0 Å². The fourth-order valence-electron chi connectivity index (χ4n) is 3.18. The summed E-state index contributed by atoms with van der Waals surface area (Å²) in [7, 11) is -7.49. The first-order valence-corrected chi connectivity index (χ1v) is 13.6. The summed E-state index contributed by atoms with van der Waals surface area (Å²) >= 11 is 0. The Morgan fingerprint density at radius 3 is 1.11 bits per heavy atom. The lowest BCUT2D eigenvalue weighted by Crippen LogP contribution is -2.12. The maximum absolute atomic E-state index is 12.6. The molecule has 0 amide bonds. The van der Waals surface area contributed by atoms with E-state index in [0.29, 0.717) is 22.9 Å². The third-order valence-electron chi connectivity index (χ3n) is 5.11. The van der Waals surface area contributed by atoms with Gasteiger partial charge in [-0.2, -0.15) is 0 Å². The Morgan fingerprint density at radius 2 is 0.800 bits per heavy atom. The zero-order valence-electron chi connectivity index (χ0n) is 19.1. The van der Waals surface area contributed by atoms with Crippen molar-refractivity contribution >= 4 is 31.4 Å². The van der Waals surface area contributed by atoms with E-state index in [0.717, 1.165) is 11.1 Å². The summed E-state index contributed by atoms with van der Waals surface area (Å²) in [4.78, 5) is 0.183. The molecule has 2 N–H and O–H groups in total. The second-order valence-corrected chi connectivity index (χ2v) is 11.4. The molecule has 0 bridgehead atoms. The van der Waals surface area contributed by atoms with Crippen LogP contribution in [0.25, 0.3) is 0 Å². The average Bonchev–Trinajstić information content (AvgIpc) is 2.82. The van der Waals surface area contributed by atoms with Crippen LogP contribution in [0.2, 0.25) is 0 Å². The predicted molar refractivity (Wildman–Crippen MR) is 137 cm³/mol. The van der Waals surface area contributed by atoms with Crippen LogP contribution < -0.4 is 14.2 Å². The van der Waals surface area contributed by atoms with Crippen LogP contribution in [-0.2, 0) is 20.0 Å². The zero-order chi connectivity index (χ0) is 25.1. The monoisotopic (exact) mass is 508 g/mol. The summed E-state index contributed by atoms with van der Waals surface area (Å²) in [5.41, 5.74) is 3.01. The molecule has 0 unspecified atom stereocenters. The highest BCUT2D eigenvalue weighted by atomic mass is 32.2. The summed E-state index contributed by atoms with van der Waals surface area (Å²) in [6.07, 6.45) is 0. The largest absolute Gasteiger partial charge is 0.457 e. The van der Waals surface area contributed by atoms with E-state index in [9.17, 15) is 16.8 Å². The fourth-order valence-corrected chi connectivity index (χ4v) is 5.30. The molecule has 35 heavy (non-hydrogen) atoms. The van der Waals surface area contributed by atoms with Gasteiger partial charge in [0, 0.05) is 11.4 Å². The van der Waals surface area contributed by atoms with E-state index in [2.05, 4.69) is 9.44 Å². The Hall–Kier alpha value is -3.82. The highest BCUT2D eigenvalue weighted by Crippen LogP contribution is 2.26. The summed E-state index contributed by atoms with van der Waals surface area (Å²) in [6, 6.07) is 26.0. The van der Waals surface area contributed by atoms with Gasteiger partial charge in [-0.1, -0.05) is 35.4 Å². The number of rotatable bonds is 8. The molecule has 0 aliphatic carbocycles. The van der Waals surface area contributed by atoms with Crippen LogP contribution in [0.15, 0.2) is 107 Å². The first kappa shape index (κ1) is 24.3. The van der Waals surface area contributed by atoms with Crippen molar-refractivity contribution in [1.29, 1.82) is 0 Å². The van der Waals surface area contributed by atoms with Gasteiger partial charge in [-0.3, -0.25) is 9.44 Å². The maximum Gasteiger partial charge on any atom is 0.261 e. The third kappa shape index (κ3) is 6.20. The number of aryl methyl sites for hydroxylation is 2. The van der Waals surface area contributed by atoms with E-state index in [-0.39, 0.29) is 9.79 Å². The maximum atomic E-state index is 12.6. The summed E-state index contributed by atoms with van der Waals surface area (Å²) in [5, 5.41) is 0. The van der Waals surface area contributed by atoms with Crippen LogP contribution in [0.4, 0.5) is 11.4 Å². The lowest BCUT2D eigenvalue weighted by Gasteiger charge is -2.11. The minimum Gasteiger partial charge on any atom is -0.457 e. The standard InChI is InChI=1S/C26H24N2O5S2/c1-19-3-7-21(8-4-19)27-34(29,30)25-15-11-23(12-16-25)33-24-13-17-26(18-14-24)35(31,32)28-22-9-5-20(2)6-10-22/h3-18,27-28H,1-2H3. The average molecular weight is 509 g/mol. The minimum atomic E-state index is -3.75. The van der Waals surface area contributed by atoms with Crippen molar-refractivity contribution in [3.63, 3.8) is 0 Å². The van der Waals surface area contributed by atoms with E-state index >= 15 is 0 Å². The molecule has 180 valence electrons. The molecule has 0 saturated carbocycles. The first-order valence-electron chi connectivity index (χ1n) is 10.7. The summed E-state index contributed by atoms with van der Waals surface area (Å²) in [6.45, 7) is 3.84. The highest BCUT2D eigenvalue weighted by Gasteiger charge is 2.16. The van der Waals surface area contributed by atoms with E-state index in [1.807, 2.05) is 38.1 Å². The van der Waals surface area contributed by atoms with Gasteiger partial charge in [-0.05, 0) is 86.6 Å². The third-order valence-corrected chi connectivity index (χ3v) is 7.91. The second-order valence-electron chi connectivity index (χ2n) is 7.99. The van der Waals surface area contributed by atoms with Gasteiger partial charge in [0.1, 0.15) is 11.5 Å². The lowest BCUT2D eigenvalue weighted by atomic mass is 10.2. The predicted octanol–water partition coefficient (Wildman–Crippen LogP) is 5.70. The number of anilines is 2. The molecule has 0 aliphatic rings. The van der Waals surface area contributed by atoms with Crippen molar-refractivity contribution in [2.75, 3.05) is 9.44 Å². The quantitative estimate of drug-likeness (QED) is 0.318. The number of ether oxygens (including phenoxy) is 1. The van der Waals surface area contributed by atoms with Crippen molar-refractivity contribution in [1.82, 2.24) is 0 Å². The van der Waals surface area contributed by atoms with Gasteiger partial charge in [0.25, 0.3) is 20.0 Å². The molecule has 4 rings (SSSR count). The summed E-state index contributed by atoms with van der Waals surface area (Å²) < 4.78 is 61.3. The van der Waals surface area contributed by atoms with Gasteiger partial charge in [-0.25, -0.2) is 16.8 Å². The SMILES string of the molecule is Cc1ccc(NS(=O)(=O)c2ccc(Oc3ccc(S(=O)(=O)Nc4ccc(C)cc4)cc3)cc2)cc1. The molecule has 9 heteroatoms. The van der Waals surface area contributed by atoms with Crippen LogP contribution in [0.5, 0.6) is 11.5 Å². The van der Waals surface area contributed by atoms with E-state index in [1.54, 1.807) is 24.3 Å². The lowest BCUT2D eigenvalue weighted by molar-refractivity contribution is 0.481. The van der Waals surface area contributed by atoms with Crippen molar-refractivity contribution in [2.45, 2.75) is 23.6 Å². The van der Waals surface area contributed by atoms with Crippen LogP contribution in [0, 0.1) is 13.8 Å². The molecule has 0 radical (unpaired) electrons. The number of benzene rings is 4. The van der Waals surface area contributed by atoms with Crippen LogP contribution in [-0.4, -0.2) is 16.8 Å². The number of sulfonamides is 2. The van der Waals surface area contributed by atoms with Crippen molar-refractivity contribution < 1.29 is 21.6 Å². The van der Waals surface area contributed by atoms with Crippen molar-refractivity contribution in [2.24, 2.45) is 0 Å². The zero-order valence-corrected chi connectivity index (χ0v) is 20.7. The molecule has 0 fully saturated rings. The molecule has 0 aliphatic heterocycles. The van der Waals surface area contributed by atoms with Crippen LogP contribution in [0.1, 0.15) is 11.1 Å². The Labute approximate surface area is 205 Å². The van der Waals surface area contributed by atoms with Gasteiger partial charge >= 0.3 is 0 Å². The highest BCUT2D eigenvalue weighted by molar-refractivity contribution is 7.93. The molecular weight excluding hydrogens is 484 g/mol. The Balaban J connectivity index is 1.42. The normalized spacial score (nSPS) is 11.6. The van der Waals surface area contributed by atoms with Gasteiger partial charge in [-0.15, -0.1) is 0 Å². The van der Waals surface area contributed by atoms with Crippen molar-refractivity contribution in [3.05, 3.63) is 108 Å². The number of hydrogen-bond donors (Lipinski definition) is 2. The molecule has 4 aromatic rings. The van der Waals surface area contributed by atoms with E-state index < -0.39 is 20.0 Å².